The van der Waals surface area contributed by atoms with Crippen molar-refractivity contribution in [3.63, 3.8) is 0 Å². The van der Waals surface area contributed by atoms with Crippen molar-refractivity contribution in [3.8, 4) is 56.0 Å². The molecule has 0 saturated carbocycles. The number of fused-ring (bicyclic) bond motifs is 10. The van der Waals surface area contributed by atoms with Crippen molar-refractivity contribution in [1.29, 1.82) is 0 Å². The molecule has 0 unspecified atom stereocenters. The summed E-state index contributed by atoms with van der Waals surface area (Å²) in [4.78, 5) is 2.32. The molecule has 2 heterocycles. The molecule has 0 radical (unpaired) electrons. The highest BCUT2D eigenvalue weighted by Crippen LogP contribution is 2.52. The van der Waals surface area contributed by atoms with Crippen LogP contribution >= 0.6 is 0 Å². The molecule has 0 aliphatic carbocycles. The van der Waals surface area contributed by atoms with Gasteiger partial charge in [0.2, 0.25) is 0 Å². The van der Waals surface area contributed by atoms with Crippen LogP contribution in [-0.2, 0) is 0 Å². The van der Waals surface area contributed by atoms with Crippen LogP contribution in [0.2, 0.25) is 0 Å². The number of para-hydroxylation sites is 2. The third-order valence-corrected chi connectivity index (χ3v) is 10.9. The molecule has 258 valence electrons. The molecule has 0 amide bonds. The highest BCUT2D eigenvalue weighted by atomic mass is 16.5. The quantitative estimate of drug-likeness (QED) is 0.178. The van der Waals surface area contributed by atoms with Crippen LogP contribution in [0.5, 0.6) is 11.5 Å². The molecule has 11 rings (SSSR count). The third-order valence-electron chi connectivity index (χ3n) is 10.9. The zero-order valence-corrected chi connectivity index (χ0v) is 29.8. The van der Waals surface area contributed by atoms with Crippen LogP contribution in [0, 0.1) is 0 Å². The van der Waals surface area contributed by atoms with E-state index < -0.39 is 0 Å². The number of furan rings is 1. The second kappa shape index (κ2) is 12.6. The van der Waals surface area contributed by atoms with Gasteiger partial charge in [0.15, 0.2) is 5.58 Å². The van der Waals surface area contributed by atoms with Crippen molar-refractivity contribution in [2.24, 2.45) is 0 Å². The van der Waals surface area contributed by atoms with Gasteiger partial charge in [-0.25, -0.2) is 0 Å². The molecule has 0 fully saturated rings. The van der Waals surface area contributed by atoms with Gasteiger partial charge in [-0.1, -0.05) is 146 Å². The van der Waals surface area contributed by atoms with Crippen LogP contribution in [0.15, 0.2) is 205 Å². The SMILES string of the molecule is c1ccc(-c2cccc(N(c3ccc4c(c3)-c3cc(-c5ccccc5)ccc3-c3c(ccc5ccccc35)O4)c3cccc4c3oc3ccccc34)c2)cc1. The fourth-order valence-electron chi connectivity index (χ4n) is 8.28. The van der Waals surface area contributed by atoms with E-state index in [1.807, 2.05) is 12.1 Å². The molecule has 0 spiro atoms. The lowest BCUT2D eigenvalue weighted by Crippen LogP contribution is -2.10. The molecular weight excluding hydrogens is 671 g/mol. The molecule has 1 aromatic heterocycles. The largest absolute Gasteiger partial charge is 0.456 e. The Balaban J connectivity index is 1.18. The minimum atomic E-state index is 0.809. The zero-order valence-electron chi connectivity index (χ0n) is 29.8. The second-order valence-electron chi connectivity index (χ2n) is 14.1. The van der Waals surface area contributed by atoms with E-state index in [1.54, 1.807) is 0 Å². The summed E-state index contributed by atoms with van der Waals surface area (Å²) in [5, 5.41) is 4.52. The molecule has 55 heavy (non-hydrogen) atoms. The van der Waals surface area contributed by atoms with Gasteiger partial charge in [-0.15, -0.1) is 0 Å². The van der Waals surface area contributed by atoms with Crippen molar-refractivity contribution in [1.82, 2.24) is 0 Å². The summed E-state index contributed by atoms with van der Waals surface area (Å²) in [6, 6.07) is 70.9. The number of anilines is 3. The Morgan fingerprint density at radius 2 is 1.02 bits per heavy atom. The van der Waals surface area contributed by atoms with Gasteiger partial charge in [0.25, 0.3) is 0 Å². The number of benzene rings is 9. The van der Waals surface area contributed by atoms with Crippen LogP contribution in [0.4, 0.5) is 17.1 Å². The van der Waals surface area contributed by atoms with Gasteiger partial charge in [-0.05, 0) is 98.8 Å². The fourth-order valence-corrected chi connectivity index (χ4v) is 8.28. The van der Waals surface area contributed by atoms with Crippen molar-refractivity contribution < 1.29 is 9.15 Å². The van der Waals surface area contributed by atoms with Crippen molar-refractivity contribution in [2.75, 3.05) is 4.90 Å². The molecule has 0 atom stereocenters. The van der Waals surface area contributed by atoms with Crippen LogP contribution < -0.4 is 9.64 Å². The lowest BCUT2D eigenvalue weighted by molar-refractivity contribution is 0.488. The van der Waals surface area contributed by atoms with E-state index in [1.165, 1.54) is 10.9 Å². The van der Waals surface area contributed by atoms with Gasteiger partial charge < -0.3 is 14.1 Å². The Hall–Kier alpha value is -7.36. The average Bonchev–Trinajstić information content (AvgIpc) is 3.57. The van der Waals surface area contributed by atoms with Crippen LogP contribution in [0.25, 0.3) is 77.2 Å². The molecule has 1 aliphatic heterocycles. The number of ether oxygens (including phenoxy) is 1. The fraction of sp³-hybridized carbons (Fsp3) is 0. The topological polar surface area (TPSA) is 25.6 Å². The van der Waals surface area contributed by atoms with Gasteiger partial charge in [0, 0.05) is 33.3 Å². The molecular formula is C52H33NO2. The Morgan fingerprint density at radius 1 is 0.364 bits per heavy atom. The smallest absolute Gasteiger partial charge is 0.159 e. The van der Waals surface area contributed by atoms with Gasteiger partial charge in [-0.3, -0.25) is 0 Å². The minimum Gasteiger partial charge on any atom is -0.456 e. The van der Waals surface area contributed by atoms with Crippen LogP contribution in [-0.4, -0.2) is 0 Å². The summed E-state index contributed by atoms with van der Waals surface area (Å²) in [6.07, 6.45) is 0. The van der Waals surface area contributed by atoms with Gasteiger partial charge in [0.05, 0.1) is 5.69 Å². The highest BCUT2D eigenvalue weighted by Gasteiger charge is 2.26. The predicted molar refractivity (Wildman–Crippen MR) is 228 cm³/mol. The van der Waals surface area contributed by atoms with Crippen LogP contribution in [0.3, 0.4) is 0 Å². The van der Waals surface area contributed by atoms with E-state index in [2.05, 4.69) is 193 Å². The molecule has 3 nitrogen and oxygen atoms in total. The molecule has 0 saturated heterocycles. The summed E-state index contributed by atoms with van der Waals surface area (Å²) in [5.74, 6) is 1.66. The van der Waals surface area contributed by atoms with Crippen molar-refractivity contribution in [2.45, 2.75) is 0 Å². The van der Waals surface area contributed by atoms with E-state index in [-0.39, 0.29) is 0 Å². The molecule has 0 bridgehead atoms. The van der Waals surface area contributed by atoms with Gasteiger partial charge in [-0.2, -0.15) is 0 Å². The number of hydrogen-bond donors (Lipinski definition) is 0. The maximum Gasteiger partial charge on any atom is 0.159 e. The van der Waals surface area contributed by atoms with Gasteiger partial charge >= 0.3 is 0 Å². The van der Waals surface area contributed by atoms with E-state index in [0.717, 1.165) is 94.8 Å². The lowest BCUT2D eigenvalue weighted by atomic mass is 9.88. The molecule has 1 aliphatic rings. The third kappa shape index (κ3) is 5.20. The minimum absolute atomic E-state index is 0.809. The molecule has 3 heteroatoms. The molecule has 10 aromatic rings. The Labute approximate surface area is 318 Å². The predicted octanol–water partition coefficient (Wildman–Crippen LogP) is 15.0. The molecule has 0 N–H and O–H groups in total. The summed E-state index contributed by atoms with van der Waals surface area (Å²) in [6.45, 7) is 0. The highest BCUT2D eigenvalue weighted by molar-refractivity contribution is 6.11. The first-order valence-electron chi connectivity index (χ1n) is 18.7. The number of rotatable bonds is 5. The van der Waals surface area contributed by atoms with E-state index in [4.69, 9.17) is 9.15 Å². The van der Waals surface area contributed by atoms with Gasteiger partial charge in [0.1, 0.15) is 17.1 Å². The summed E-state index contributed by atoms with van der Waals surface area (Å²) in [5.41, 5.74) is 13.7. The Morgan fingerprint density at radius 3 is 1.85 bits per heavy atom. The summed E-state index contributed by atoms with van der Waals surface area (Å²) >= 11 is 0. The van der Waals surface area contributed by atoms with E-state index in [9.17, 15) is 0 Å². The monoisotopic (exact) mass is 703 g/mol. The Kier molecular flexibility index (Phi) is 7.17. The maximum absolute atomic E-state index is 6.93. The van der Waals surface area contributed by atoms with E-state index >= 15 is 0 Å². The summed E-state index contributed by atoms with van der Waals surface area (Å²) in [7, 11) is 0. The average molecular weight is 704 g/mol. The lowest BCUT2D eigenvalue weighted by Gasteiger charge is -2.27. The first kappa shape index (κ1) is 31.2. The summed E-state index contributed by atoms with van der Waals surface area (Å²) < 4.78 is 13.6. The maximum atomic E-state index is 6.93. The van der Waals surface area contributed by atoms with Crippen molar-refractivity contribution >= 4 is 49.8 Å². The Bertz CT molecular complexity index is 3070. The number of hydrogen-bond acceptors (Lipinski definition) is 3. The second-order valence-corrected chi connectivity index (χ2v) is 14.1. The molecule has 9 aromatic carbocycles. The van der Waals surface area contributed by atoms with E-state index in [0.29, 0.717) is 0 Å². The first-order chi connectivity index (χ1) is 27.3. The van der Waals surface area contributed by atoms with Crippen molar-refractivity contribution in [3.05, 3.63) is 200 Å². The number of nitrogens with zero attached hydrogens (tertiary/aromatic N) is 1. The zero-order chi connectivity index (χ0) is 36.3. The standard InChI is InChI=1S/C52H33NO2/c1-3-13-34(14-4-1)37-18-11-19-39(31-37)53(47-23-12-22-44-42-21-9-10-24-48(42)55-52(44)47)40-27-30-49-46(33-40)45-32-38(35-15-5-2-6-16-35)25-28-43(45)51-41-20-8-7-17-36(41)26-29-50(51)54-49/h1-33H. The first-order valence-corrected chi connectivity index (χ1v) is 18.7. The van der Waals surface area contributed by atoms with Crippen LogP contribution in [0.1, 0.15) is 0 Å². The normalized spacial score (nSPS) is 11.8.